The van der Waals surface area contributed by atoms with Gasteiger partial charge in [-0.1, -0.05) is 42.5 Å². The second-order valence-electron chi connectivity index (χ2n) is 4.55. The Morgan fingerprint density at radius 2 is 2.10 bits per heavy atom. The van der Waals surface area contributed by atoms with E-state index in [0.717, 1.165) is 5.56 Å². The molecule has 2 N–H and O–H groups in total. The largest absolute Gasteiger partial charge is 0.366 e. The van der Waals surface area contributed by atoms with E-state index in [9.17, 15) is 4.79 Å². The molecule has 2 aromatic rings. The van der Waals surface area contributed by atoms with Gasteiger partial charge >= 0.3 is 0 Å². The van der Waals surface area contributed by atoms with Crippen molar-refractivity contribution in [2.45, 2.75) is 0 Å². The number of aromatic amines is 1. The molecular formula is C15H18N4O. The first-order chi connectivity index (χ1) is 9.68. The second kappa shape index (κ2) is 6.56. The molecule has 1 aromatic heterocycles. The fraction of sp³-hybridized carbons (Fsp3) is 0.200. The molecule has 0 aliphatic heterocycles. The smallest absolute Gasteiger partial charge is 0.258 e. The zero-order chi connectivity index (χ0) is 14.4. The van der Waals surface area contributed by atoms with Crippen molar-refractivity contribution in [1.82, 2.24) is 15.1 Å². The van der Waals surface area contributed by atoms with Crippen LogP contribution in [0.2, 0.25) is 0 Å². The summed E-state index contributed by atoms with van der Waals surface area (Å²) < 4.78 is 0. The van der Waals surface area contributed by atoms with Gasteiger partial charge in [-0.05, 0) is 5.56 Å². The maximum absolute atomic E-state index is 11.9. The van der Waals surface area contributed by atoms with Crippen LogP contribution in [0.4, 0.5) is 5.82 Å². The van der Waals surface area contributed by atoms with E-state index >= 15 is 0 Å². The monoisotopic (exact) mass is 270 g/mol. The summed E-state index contributed by atoms with van der Waals surface area (Å²) in [7, 11) is 3.43. The number of anilines is 1. The van der Waals surface area contributed by atoms with Gasteiger partial charge in [0.05, 0.1) is 6.20 Å². The topological polar surface area (TPSA) is 61.0 Å². The number of carbonyl (C=O) groups is 1. The summed E-state index contributed by atoms with van der Waals surface area (Å²) in [6, 6.07) is 10.0. The zero-order valence-electron chi connectivity index (χ0n) is 11.6. The highest BCUT2D eigenvalue weighted by atomic mass is 16.2. The molecule has 0 saturated heterocycles. The third kappa shape index (κ3) is 3.47. The fourth-order valence-corrected chi connectivity index (χ4v) is 1.74. The minimum absolute atomic E-state index is 0.0757. The molecule has 0 atom stereocenters. The number of hydrogen-bond donors (Lipinski definition) is 2. The first-order valence-electron chi connectivity index (χ1n) is 6.39. The highest BCUT2D eigenvalue weighted by molar-refractivity contribution is 5.98. The van der Waals surface area contributed by atoms with Crippen LogP contribution in [-0.2, 0) is 0 Å². The van der Waals surface area contributed by atoms with Gasteiger partial charge in [-0.15, -0.1) is 0 Å². The maximum Gasteiger partial charge on any atom is 0.258 e. The van der Waals surface area contributed by atoms with E-state index in [-0.39, 0.29) is 5.91 Å². The summed E-state index contributed by atoms with van der Waals surface area (Å²) >= 11 is 0. The highest BCUT2D eigenvalue weighted by Gasteiger charge is 2.14. The number of amides is 1. The van der Waals surface area contributed by atoms with Gasteiger partial charge in [0.2, 0.25) is 0 Å². The molecule has 1 aromatic carbocycles. The second-order valence-corrected chi connectivity index (χ2v) is 4.55. The lowest BCUT2D eigenvalue weighted by atomic mass is 10.2. The standard InChI is InChI=1S/C15H18N4O/c1-19(2)15(20)13-11-17-18-14(13)16-10-6-9-12-7-4-3-5-8-12/h3-9,11H,10H2,1-2H3,(H2,16,17,18)/b9-6+. The van der Waals surface area contributed by atoms with Crippen LogP contribution in [0.3, 0.4) is 0 Å². The van der Waals surface area contributed by atoms with Crippen molar-refractivity contribution >= 4 is 17.8 Å². The minimum atomic E-state index is -0.0757. The van der Waals surface area contributed by atoms with E-state index in [1.807, 2.05) is 42.5 Å². The van der Waals surface area contributed by atoms with Crippen LogP contribution in [0, 0.1) is 0 Å². The normalized spacial score (nSPS) is 10.7. The number of nitrogens with one attached hydrogen (secondary N) is 2. The number of nitrogens with zero attached hydrogens (tertiary/aromatic N) is 2. The van der Waals surface area contributed by atoms with Crippen molar-refractivity contribution in [3.63, 3.8) is 0 Å². The van der Waals surface area contributed by atoms with Crippen LogP contribution < -0.4 is 5.32 Å². The van der Waals surface area contributed by atoms with Gasteiger partial charge in [-0.25, -0.2) is 0 Å². The van der Waals surface area contributed by atoms with Crippen LogP contribution in [0.5, 0.6) is 0 Å². The minimum Gasteiger partial charge on any atom is -0.366 e. The Balaban J connectivity index is 1.94. The molecule has 5 heteroatoms. The predicted octanol–water partition coefficient (Wildman–Crippen LogP) is 2.24. The number of carbonyl (C=O) groups excluding carboxylic acids is 1. The van der Waals surface area contributed by atoms with Crippen molar-refractivity contribution in [3.05, 3.63) is 53.7 Å². The summed E-state index contributed by atoms with van der Waals surface area (Å²) in [5.74, 6) is 0.565. The zero-order valence-corrected chi connectivity index (χ0v) is 11.6. The van der Waals surface area contributed by atoms with Crippen molar-refractivity contribution in [1.29, 1.82) is 0 Å². The molecule has 1 amide bonds. The Hall–Kier alpha value is -2.56. The molecule has 2 rings (SSSR count). The van der Waals surface area contributed by atoms with Crippen molar-refractivity contribution in [2.24, 2.45) is 0 Å². The van der Waals surface area contributed by atoms with Crippen LogP contribution in [-0.4, -0.2) is 41.6 Å². The lowest BCUT2D eigenvalue weighted by molar-refractivity contribution is 0.0828. The van der Waals surface area contributed by atoms with Gasteiger partial charge in [0.15, 0.2) is 0 Å². The van der Waals surface area contributed by atoms with Gasteiger partial charge in [-0.3, -0.25) is 9.89 Å². The average Bonchev–Trinajstić information content (AvgIpc) is 2.92. The molecule has 0 radical (unpaired) electrons. The molecule has 1 heterocycles. The molecule has 20 heavy (non-hydrogen) atoms. The molecule has 104 valence electrons. The summed E-state index contributed by atoms with van der Waals surface area (Å²) in [6.07, 6.45) is 5.56. The Kier molecular flexibility index (Phi) is 4.55. The van der Waals surface area contributed by atoms with Gasteiger partial charge in [0.1, 0.15) is 11.4 Å². The molecule has 0 unspecified atom stereocenters. The molecule has 0 saturated carbocycles. The summed E-state index contributed by atoms with van der Waals surface area (Å²) in [6.45, 7) is 0.616. The summed E-state index contributed by atoms with van der Waals surface area (Å²) in [4.78, 5) is 13.4. The van der Waals surface area contributed by atoms with Crippen molar-refractivity contribution in [3.8, 4) is 0 Å². The van der Waals surface area contributed by atoms with Crippen LogP contribution in [0.25, 0.3) is 6.08 Å². The highest BCUT2D eigenvalue weighted by Crippen LogP contribution is 2.12. The summed E-state index contributed by atoms with van der Waals surface area (Å²) in [5, 5.41) is 9.85. The number of aromatic nitrogens is 2. The Labute approximate surface area is 118 Å². The lowest BCUT2D eigenvalue weighted by Gasteiger charge is -2.10. The van der Waals surface area contributed by atoms with Gasteiger partial charge in [0.25, 0.3) is 5.91 Å². The first-order valence-corrected chi connectivity index (χ1v) is 6.39. The number of benzene rings is 1. The number of H-pyrrole nitrogens is 1. The van der Waals surface area contributed by atoms with Crippen LogP contribution >= 0.6 is 0 Å². The van der Waals surface area contributed by atoms with E-state index in [4.69, 9.17) is 0 Å². The Bertz CT molecular complexity index is 587. The number of hydrogen-bond acceptors (Lipinski definition) is 3. The van der Waals surface area contributed by atoms with Crippen LogP contribution in [0.1, 0.15) is 15.9 Å². The quantitative estimate of drug-likeness (QED) is 0.876. The van der Waals surface area contributed by atoms with Gasteiger partial charge in [0, 0.05) is 20.6 Å². The third-order valence-electron chi connectivity index (χ3n) is 2.78. The Morgan fingerprint density at radius 3 is 2.80 bits per heavy atom. The average molecular weight is 270 g/mol. The summed E-state index contributed by atoms with van der Waals surface area (Å²) in [5.41, 5.74) is 1.69. The van der Waals surface area contributed by atoms with Crippen molar-refractivity contribution < 1.29 is 4.79 Å². The SMILES string of the molecule is CN(C)C(=O)c1cn[nH]c1NC/C=C/c1ccccc1. The van der Waals surface area contributed by atoms with Crippen molar-refractivity contribution in [2.75, 3.05) is 26.0 Å². The molecule has 5 nitrogen and oxygen atoms in total. The molecular weight excluding hydrogens is 252 g/mol. The fourth-order valence-electron chi connectivity index (χ4n) is 1.74. The van der Waals surface area contributed by atoms with Crippen LogP contribution in [0.15, 0.2) is 42.6 Å². The Morgan fingerprint density at radius 1 is 1.35 bits per heavy atom. The van der Waals surface area contributed by atoms with E-state index in [1.165, 1.54) is 11.1 Å². The molecule has 0 spiro atoms. The van der Waals surface area contributed by atoms with E-state index in [1.54, 1.807) is 14.1 Å². The van der Waals surface area contributed by atoms with E-state index in [0.29, 0.717) is 17.9 Å². The first kappa shape index (κ1) is 13.9. The molecule has 0 aliphatic carbocycles. The van der Waals surface area contributed by atoms with Gasteiger partial charge < -0.3 is 10.2 Å². The van der Waals surface area contributed by atoms with Gasteiger partial charge in [-0.2, -0.15) is 5.10 Å². The molecule has 0 fully saturated rings. The predicted molar refractivity (Wildman–Crippen MR) is 80.6 cm³/mol. The maximum atomic E-state index is 11.9. The van der Waals surface area contributed by atoms with E-state index < -0.39 is 0 Å². The molecule has 0 aliphatic rings. The van der Waals surface area contributed by atoms with E-state index in [2.05, 4.69) is 15.5 Å². The number of rotatable bonds is 5. The third-order valence-corrected chi connectivity index (χ3v) is 2.78. The molecule has 0 bridgehead atoms. The lowest BCUT2D eigenvalue weighted by Crippen LogP contribution is -2.22.